The van der Waals surface area contributed by atoms with Crippen molar-refractivity contribution in [3.8, 4) is 39.6 Å². The number of furan rings is 1. The standard InChI is InChI=1S/C29H26FN5O5S/c1-3-41(37,38)34-24-13-25-22(27(29(36)31-2)28(40-25)17-5-7-20(30)8-6-17)12-21(24)18-11-19(16-32-15-18)23-14-26-35(33-23)9-4-10-39-26/h5-8,11-16,34H,3-4,9-10H2,1-2H3,(H,31,36). The Kier molecular flexibility index (Phi) is 6.70. The number of halogens is 1. The van der Waals surface area contributed by atoms with Gasteiger partial charge in [-0.25, -0.2) is 17.5 Å². The number of anilines is 1. The highest BCUT2D eigenvalue weighted by atomic mass is 32.2. The number of benzene rings is 2. The van der Waals surface area contributed by atoms with Crippen LogP contribution in [0.5, 0.6) is 5.88 Å². The van der Waals surface area contributed by atoms with Crippen LogP contribution in [0.1, 0.15) is 23.7 Å². The van der Waals surface area contributed by atoms with Gasteiger partial charge < -0.3 is 14.5 Å². The number of nitrogens with zero attached hydrogens (tertiary/aromatic N) is 3. The van der Waals surface area contributed by atoms with Crippen LogP contribution in [0.25, 0.3) is 44.7 Å². The minimum atomic E-state index is -3.68. The number of aryl methyl sites for hydroxylation is 1. The van der Waals surface area contributed by atoms with Crippen LogP contribution in [0, 0.1) is 5.82 Å². The van der Waals surface area contributed by atoms with Crippen LogP contribution in [0.2, 0.25) is 0 Å². The molecule has 41 heavy (non-hydrogen) atoms. The Morgan fingerprint density at radius 1 is 1.07 bits per heavy atom. The topological polar surface area (TPSA) is 128 Å². The highest BCUT2D eigenvalue weighted by Gasteiger charge is 2.25. The minimum Gasteiger partial charge on any atom is -0.478 e. The van der Waals surface area contributed by atoms with Gasteiger partial charge in [-0.3, -0.25) is 14.5 Å². The summed E-state index contributed by atoms with van der Waals surface area (Å²) in [7, 11) is -2.18. The molecular formula is C29H26FN5O5S. The van der Waals surface area contributed by atoms with Crippen molar-refractivity contribution in [3.05, 3.63) is 72.3 Å². The fraction of sp³-hybridized carbons (Fsp3) is 0.207. The quantitative estimate of drug-likeness (QED) is 0.277. The van der Waals surface area contributed by atoms with Gasteiger partial charge in [0.05, 0.1) is 29.3 Å². The SMILES string of the molecule is CCS(=O)(=O)Nc1cc2oc(-c3ccc(F)cc3)c(C(=O)NC)c2cc1-c1cncc(-c2cc3n(n2)CCCO3)c1. The molecule has 0 unspecified atom stereocenters. The lowest BCUT2D eigenvalue weighted by atomic mass is 9.98. The first-order valence-corrected chi connectivity index (χ1v) is 14.7. The predicted molar refractivity (Wildman–Crippen MR) is 153 cm³/mol. The number of nitrogens with one attached hydrogen (secondary N) is 2. The highest BCUT2D eigenvalue weighted by molar-refractivity contribution is 7.92. The smallest absolute Gasteiger partial charge is 0.255 e. The predicted octanol–water partition coefficient (Wildman–Crippen LogP) is 5.07. The first kappa shape index (κ1) is 26.5. The Bertz CT molecular complexity index is 1870. The van der Waals surface area contributed by atoms with Crippen LogP contribution in [-0.2, 0) is 16.6 Å². The average Bonchev–Trinajstić information content (AvgIpc) is 3.58. The molecule has 0 bridgehead atoms. The van der Waals surface area contributed by atoms with Crippen LogP contribution in [0.4, 0.5) is 10.1 Å². The first-order valence-electron chi connectivity index (χ1n) is 13.0. The van der Waals surface area contributed by atoms with E-state index in [2.05, 4.69) is 20.1 Å². The molecule has 6 rings (SSSR count). The molecule has 1 aliphatic heterocycles. The van der Waals surface area contributed by atoms with Gasteiger partial charge in [0.1, 0.15) is 17.2 Å². The van der Waals surface area contributed by atoms with Gasteiger partial charge >= 0.3 is 0 Å². The summed E-state index contributed by atoms with van der Waals surface area (Å²) < 4.78 is 55.3. The lowest BCUT2D eigenvalue weighted by Crippen LogP contribution is -2.18. The number of hydrogen-bond donors (Lipinski definition) is 2. The van der Waals surface area contributed by atoms with Crippen molar-refractivity contribution in [2.45, 2.75) is 19.9 Å². The summed E-state index contributed by atoms with van der Waals surface area (Å²) in [6.45, 7) is 2.92. The summed E-state index contributed by atoms with van der Waals surface area (Å²) in [4.78, 5) is 17.5. The Hall–Kier alpha value is -4.71. The first-order chi connectivity index (χ1) is 19.8. The molecule has 2 N–H and O–H groups in total. The summed E-state index contributed by atoms with van der Waals surface area (Å²) in [5.74, 6) is -0.0766. The molecule has 210 valence electrons. The third-order valence-electron chi connectivity index (χ3n) is 6.89. The fourth-order valence-corrected chi connectivity index (χ4v) is 5.44. The summed E-state index contributed by atoms with van der Waals surface area (Å²) in [5, 5.41) is 7.73. The molecule has 3 aromatic heterocycles. The summed E-state index contributed by atoms with van der Waals surface area (Å²) in [5.41, 5.74) is 3.73. The fourth-order valence-electron chi connectivity index (χ4n) is 4.80. The minimum absolute atomic E-state index is 0.147. The van der Waals surface area contributed by atoms with Gasteiger partial charge in [0.2, 0.25) is 15.9 Å². The van der Waals surface area contributed by atoms with Crippen LogP contribution in [0.15, 0.2) is 65.3 Å². The number of carbonyl (C=O) groups excluding carboxylic acids is 1. The molecule has 5 aromatic rings. The van der Waals surface area contributed by atoms with Gasteiger partial charge in [-0.05, 0) is 43.3 Å². The number of ether oxygens (including phenoxy) is 1. The molecule has 0 radical (unpaired) electrons. The maximum absolute atomic E-state index is 13.6. The van der Waals surface area contributed by atoms with E-state index >= 15 is 0 Å². The molecule has 4 heterocycles. The Balaban J connectivity index is 1.56. The number of fused-ring (bicyclic) bond motifs is 2. The Labute approximate surface area is 235 Å². The average molecular weight is 576 g/mol. The lowest BCUT2D eigenvalue weighted by molar-refractivity contribution is 0.0964. The number of pyridine rings is 1. The van der Waals surface area contributed by atoms with Gasteiger partial charge in [-0.15, -0.1) is 0 Å². The van der Waals surface area contributed by atoms with Crippen LogP contribution >= 0.6 is 0 Å². The van der Waals surface area contributed by atoms with E-state index in [4.69, 9.17) is 9.15 Å². The van der Waals surface area contributed by atoms with Gasteiger partial charge in [0.25, 0.3) is 5.91 Å². The van der Waals surface area contributed by atoms with E-state index in [-0.39, 0.29) is 28.3 Å². The molecule has 1 aliphatic rings. The molecule has 0 saturated heterocycles. The summed E-state index contributed by atoms with van der Waals surface area (Å²) >= 11 is 0. The Morgan fingerprint density at radius 3 is 2.59 bits per heavy atom. The molecule has 2 aromatic carbocycles. The molecule has 0 fully saturated rings. The van der Waals surface area contributed by atoms with Crippen molar-refractivity contribution >= 4 is 32.6 Å². The van der Waals surface area contributed by atoms with E-state index in [9.17, 15) is 17.6 Å². The van der Waals surface area contributed by atoms with E-state index < -0.39 is 21.7 Å². The maximum Gasteiger partial charge on any atom is 0.255 e. The monoisotopic (exact) mass is 575 g/mol. The van der Waals surface area contributed by atoms with E-state index in [0.717, 1.165) is 13.0 Å². The van der Waals surface area contributed by atoms with E-state index in [1.807, 2.05) is 12.1 Å². The maximum atomic E-state index is 13.6. The molecular weight excluding hydrogens is 549 g/mol. The number of hydrogen-bond acceptors (Lipinski definition) is 7. The van der Waals surface area contributed by atoms with Crippen LogP contribution in [-0.4, -0.2) is 48.5 Å². The number of sulfonamides is 1. The second-order valence-corrected chi connectivity index (χ2v) is 11.6. The van der Waals surface area contributed by atoms with E-state index in [0.29, 0.717) is 45.8 Å². The van der Waals surface area contributed by atoms with Crippen molar-refractivity contribution in [2.24, 2.45) is 0 Å². The summed E-state index contributed by atoms with van der Waals surface area (Å²) in [6.07, 6.45) is 4.15. The van der Waals surface area contributed by atoms with Gasteiger partial charge in [0.15, 0.2) is 0 Å². The zero-order valence-electron chi connectivity index (χ0n) is 22.3. The molecule has 0 saturated carbocycles. The van der Waals surface area contributed by atoms with E-state index in [1.165, 1.54) is 38.2 Å². The highest BCUT2D eigenvalue weighted by Crippen LogP contribution is 2.40. The molecule has 10 nitrogen and oxygen atoms in total. The second kappa shape index (κ2) is 10.4. The zero-order chi connectivity index (χ0) is 28.7. The van der Waals surface area contributed by atoms with Gasteiger partial charge in [-0.1, -0.05) is 0 Å². The number of amides is 1. The lowest BCUT2D eigenvalue weighted by Gasteiger charge is -2.13. The number of aromatic nitrogens is 3. The number of rotatable bonds is 7. The van der Waals surface area contributed by atoms with Crippen LogP contribution < -0.4 is 14.8 Å². The molecule has 0 aliphatic carbocycles. The third-order valence-corrected chi connectivity index (χ3v) is 8.18. The van der Waals surface area contributed by atoms with Crippen molar-refractivity contribution in [2.75, 3.05) is 24.1 Å². The van der Waals surface area contributed by atoms with Crippen molar-refractivity contribution < 1.29 is 26.8 Å². The van der Waals surface area contributed by atoms with Crippen molar-refractivity contribution in [1.29, 1.82) is 0 Å². The Morgan fingerprint density at radius 2 is 1.85 bits per heavy atom. The van der Waals surface area contributed by atoms with Gasteiger partial charge in [-0.2, -0.15) is 5.10 Å². The van der Waals surface area contributed by atoms with Crippen molar-refractivity contribution in [1.82, 2.24) is 20.1 Å². The third kappa shape index (κ3) is 5.02. The van der Waals surface area contributed by atoms with Crippen molar-refractivity contribution in [3.63, 3.8) is 0 Å². The molecule has 12 heteroatoms. The molecule has 0 spiro atoms. The molecule has 0 atom stereocenters. The zero-order valence-corrected chi connectivity index (χ0v) is 23.1. The van der Waals surface area contributed by atoms with Gasteiger partial charge in [0, 0.05) is 72.2 Å². The normalized spacial score (nSPS) is 13.0. The molecule has 1 amide bonds. The second-order valence-electron chi connectivity index (χ2n) is 9.55. The summed E-state index contributed by atoms with van der Waals surface area (Å²) in [6, 6.07) is 12.5. The number of carbonyl (C=O) groups is 1. The largest absolute Gasteiger partial charge is 0.478 e. The van der Waals surface area contributed by atoms with E-state index in [1.54, 1.807) is 29.2 Å². The van der Waals surface area contributed by atoms with Crippen LogP contribution in [0.3, 0.4) is 0 Å².